The minimum Gasteiger partial charge on any atom is -0.507 e. The van der Waals surface area contributed by atoms with Gasteiger partial charge >= 0.3 is 0 Å². The fourth-order valence-electron chi connectivity index (χ4n) is 7.25. The minimum atomic E-state index is -2.75. The highest BCUT2D eigenvalue weighted by Gasteiger charge is 2.69. The lowest BCUT2D eigenvalue weighted by Crippen LogP contribution is -2.74. The number of ether oxygens (including phenoxy) is 1. The van der Waals surface area contributed by atoms with Gasteiger partial charge in [-0.15, -0.1) is 0 Å². The second kappa shape index (κ2) is 9.47. The quantitative estimate of drug-likeness (QED) is 0.300. The summed E-state index contributed by atoms with van der Waals surface area (Å²) in [6, 6.07) is 0.266. The SMILES string of the molecule is COc1c(CN2CC(CO)C2)cc(O)c2c1C[C@H]1C[C@H]3[C@H](N(C)C)C(=O)C(C(N)=O)C(=O)[C@@]3(O)C(=O)C1C2=O. The van der Waals surface area contributed by atoms with Gasteiger partial charge in [0.1, 0.15) is 11.5 Å². The summed E-state index contributed by atoms with van der Waals surface area (Å²) in [4.78, 5) is 69.7. The molecule has 3 aliphatic carbocycles. The molecule has 0 bridgehead atoms. The molecule has 2 unspecified atom stereocenters. The Morgan fingerprint density at radius 1 is 1.21 bits per heavy atom. The number of nitrogens with two attached hydrogens (primary N) is 1. The molecule has 5 rings (SSSR count). The second-order valence-electron chi connectivity index (χ2n) is 11.5. The predicted molar refractivity (Wildman–Crippen MR) is 134 cm³/mol. The van der Waals surface area contributed by atoms with Crippen LogP contribution in [0.5, 0.6) is 11.5 Å². The van der Waals surface area contributed by atoms with Crippen LogP contribution in [0.3, 0.4) is 0 Å². The standard InChI is InChI=1S/C27H33N3O9/c1-29(2)20-15-5-12-4-14-18(16(32)6-13(23(14)39-3)9-30-7-11(8-30)10-31)21(33)17(12)24(35)27(15,38)25(36)19(22(20)34)26(28)37/h6,11-12,15,17,19-20,31-32,38H,4-5,7-10H2,1-3H3,(H2,28,37)/t12-,15-,17?,19?,20-,27-/m0/s1. The highest BCUT2D eigenvalue weighted by atomic mass is 16.5. The highest BCUT2D eigenvalue weighted by Crippen LogP contribution is 2.52. The fourth-order valence-corrected chi connectivity index (χ4v) is 7.25. The molecule has 1 aliphatic heterocycles. The number of likely N-dealkylation sites (N-methyl/N-ethyl adjacent to an activating group) is 1. The van der Waals surface area contributed by atoms with Crippen LogP contribution in [0.15, 0.2) is 6.07 Å². The number of rotatable bonds is 6. The van der Waals surface area contributed by atoms with Gasteiger partial charge in [-0.05, 0) is 38.9 Å². The first-order valence-corrected chi connectivity index (χ1v) is 13.0. The van der Waals surface area contributed by atoms with E-state index in [4.69, 9.17) is 10.5 Å². The van der Waals surface area contributed by atoms with Gasteiger partial charge in [-0.3, -0.25) is 33.8 Å². The van der Waals surface area contributed by atoms with Crippen LogP contribution in [0.2, 0.25) is 0 Å². The van der Waals surface area contributed by atoms with Crippen LogP contribution in [0.1, 0.15) is 27.9 Å². The minimum absolute atomic E-state index is 0.0255. The number of aliphatic hydroxyl groups is 2. The summed E-state index contributed by atoms with van der Waals surface area (Å²) in [7, 11) is 4.53. The number of phenols is 1. The van der Waals surface area contributed by atoms with E-state index in [1.54, 1.807) is 14.1 Å². The molecule has 1 heterocycles. The van der Waals surface area contributed by atoms with Gasteiger partial charge in [0.25, 0.3) is 0 Å². The number of carbonyl (C=O) groups excluding carboxylic acids is 5. The number of ketones is 4. The Kier molecular flexibility index (Phi) is 6.65. The van der Waals surface area contributed by atoms with Gasteiger partial charge in [-0.2, -0.15) is 0 Å². The molecule has 0 aromatic heterocycles. The molecule has 4 aliphatic rings. The number of phenolic OH excluding ortho intramolecular Hbond substituents is 1. The molecule has 1 aromatic rings. The Bertz CT molecular complexity index is 1290. The van der Waals surface area contributed by atoms with Crippen molar-refractivity contribution in [2.45, 2.75) is 31.0 Å². The van der Waals surface area contributed by atoms with Crippen molar-refractivity contribution in [3.05, 3.63) is 22.8 Å². The van der Waals surface area contributed by atoms with Crippen molar-refractivity contribution < 1.29 is 44.0 Å². The van der Waals surface area contributed by atoms with E-state index in [-0.39, 0.29) is 36.7 Å². The Labute approximate surface area is 224 Å². The van der Waals surface area contributed by atoms with Crippen molar-refractivity contribution in [1.29, 1.82) is 0 Å². The average Bonchev–Trinajstić information content (AvgIpc) is 2.82. The number of Topliss-reactive ketones (excluding diaryl/α,β-unsaturated/α-hetero) is 4. The number of methoxy groups -OCH3 is 1. The topological polar surface area (TPSA) is 188 Å². The molecule has 0 radical (unpaired) electrons. The van der Waals surface area contributed by atoms with Gasteiger partial charge in [-0.1, -0.05) is 0 Å². The number of hydrogen-bond donors (Lipinski definition) is 4. The number of aromatic hydroxyl groups is 1. The third kappa shape index (κ3) is 3.84. The van der Waals surface area contributed by atoms with Gasteiger partial charge in [0, 0.05) is 49.2 Å². The molecule has 2 saturated carbocycles. The molecular formula is C27H33N3O9. The highest BCUT2D eigenvalue weighted by molar-refractivity contribution is 6.32. The molecule has 210 valence electrons. The smallest absolute Gasteiger partial charge is 0.235 e. The normalized spacial score (nSPS) is 32.9. The molecule has 0 spiro atoms. The van der Waals surface area contributed by atoms with Gasteiger partial charge < -0.3 is 25.8 Å². The number of primary amides is 1. The maximum Gasteiger partial charge on any atom is 0.235 e. The summed E-state index contributed by atoms with van der Waals surface area (Å²) in [5.41, 5.74) is 3.57. The first-order chi connectivity index (χ1) is 18.4. The average molecular weight is 544 g/mol. The van der Waals surface area contributed by atoms with Crippen molar-refractivity contribution >= 4 is 29.0 Å². The number of likely N-dealkylation sites (tertiary alicyclic amines) is 1. The number of aliphatic hydroxyl groups excluding tert-OH is 1. The van der Waals surface area contributed by atoms with E-state index in [9.17, 15) is 39.3 Å². The van der Waals surface area contributed by atoms with Crippen molar-refractivity contribution in [2.75, 3.05) is 40.9 Å². The maximum absolute atomic E-state index is 13.9. The summed E-state index contributed by atoms with van der Waals surface area (Å²) >= 11 is 0. The zero-order valence-corrected chi connectivity index (χ0v) is 22.0. The molecular weight excluding hydrogens is 510 g/mol. The number of fused-ring (bicyclic) bond motifs is 3. The van der Waals surface area contributed by atoms with E-state index in [2.05, 4.69) is 4.90 Å². The van der Waals surface area contributed by atoms with Crippen molar-refractivity contribution in [1.82, 2.24) is 9.80 Å². The van der Waals surface area contributed by atoms with Crippen LogP contribution in [0.25, 0.3) is 0 Å². The Hall–Kier alpha value is -3.19. The van der Waals surface area contributed by atoms with Crippen LogP contribution < -0.4 is 10.5 Å². The van der Waals surface area contributed by atoms with E-state index in [1.165, 1.54) is 18.1 Å². The third-order valence-corrected chi connectivity index (χ3v) is 8.98. The lowest BCUT2D eigenvalue weighted by atomic mass is 9.52. The summed E-state index contributed by atoms with van der Waals surface area (Å²) < 4.78 is 5.70. The fraction of sp³-hybridized carbons (Fsp3) is 0.593. The Morgan fingerprint density at radius 3 is 2.44 bits per heavy atom. The number of benzene rings is 1. The van der Waals surface area contributed by atoms with Crippen molar-refractivity contribution in [3.63, 3.8) is 0 Å². The van der Waals surface area contributed by atoms with E-state index >= 15 is 0 Å². The van der Waals surface area contributed by atoms with Gasteiger partial charge in [-0.25, -0.2) is 0 Å². The molecule has 1 aromatic carbocycles. The molecule has 6 atom stereocenters. The van der Waals surface area contributed by atoms with Crippen LogP contribution >= 0.6 is 0 Å². The number of hydrogen-bond acceptors (Lipinski definition) is 11. The Balaban J connectivity index is 1.57. The monoisotopic (exact) mass is 543 g/mol. The largest absolute Gasteiger partial charge is 0.507 e. The number of nitrogens with zero attached hydrogens (tertiary/aromatic N) is 2. The summed E-state index contributed by atoms with van der Waals surface area (Å²) in [5.74, 6) is -10.2. The van der Waals surface area contributed by atoms with Crippen LogP contribution in [-0.4, -0.2) is 107 Å². The Morgan fingerprint density at radius 2 is 1.87 bits per heavy atom. The summed E-state index contributed by atoms with van der Waals surface area (Å²) in [5, 5.41) is 31.9. The summed E-state index contributed by atoms with van der Waals surface area (Å²) in [6.45, 7) is 1.86. The number of amides is 1. The molecule has 1 amide bonds. The van der Waals surface area contributed by atoms with Crippen LogP contribution in [0.4, 0.5) is 0 Å². The zero-order chi connectivity index (χ0) is 28.5. The first-order valence-electron chi connectivity index (χ1n) is 13.0. The van der Waals surface area contributed by atoms with Crippen LogP contribution in [0, 0.1) is 29.6 Å². The van der Waals surface area contributed by atoms with E-state index in [0.29, 0.717) is 36.5 Å². The van der Waals surface area contributed by atoms with Gasteiger partial charge in [0.05, 0.1) is 24.6 Å². The lowest BCUT2D eigenvalue weighted by molar-refractivity contribution is -0.181. The van der Waals surface area contributed by atoms with Gasteiger partial charge in [0.15, 0.2) is 34.7 Å². The molecule has 5 N–H and O–H groups in total. The third-order valence-electron chi connectivity index (χ3n) is 8.98. The lowest BCUT2D eigenvalue weighted by Gasteiger charge is -2.52. The van der Waals surface area contributed by atoms with Crippen LogP contribution in [-0.2, 0) is 32.1 Å². The molecule has 1 saturated heterocycles. The zero-order valence-electron chi connectivity index (χ0n) is 22.0. The molecule has 12 heteroatoms. The van der Waals surface area contributed by atoms with E-state index in [0.717, 1.165) is 0 Å². The molecule has 3 fully saturated rings. The molecule has 39 heavy (non-hydrogen) atoms. The van der Waals surface area contributed by atoms with Gasteiger partial charge in [0.2, 0.25) is 5.91 Å². The first kappa shape index (κ1) is 27.4. The van der Waals surface area contributed by atoms with Crippen molar-refractivity contribution in [3.8, 4) is 11.5 Å². The second-order valence-corrected chi connectivity index (χ2v) is 11.5. The van der Waals surface area contributed by atoms with E-state index < -0.39 is 64.4 Å². The predicted octanol–water partition coefficient (Wildman–Crippen LogP) is -1.70. The summed E-state index contributed by atoms with van der Waals surface area (Å²) in [6.07, 6.45) is 0.109. The number of carbonyl (C=O) groups is 5. The maximum atomic E-state index is 13.9. The molecule has 12 nitrogen and oxygen atoms in total. The van der Waals surface area contributed by atoms with E-state index in [1.807, 2.05) is 0 Å². The van der Waals surface area contributed by atoms with Crippen molar-refractivity contribution in [2.24, 2.45) is 35.3 Å².